The number of hydrogen-bond acceptors (Lipinski definition) is 6. The summed E-state index contributed by atoms with van der Waals surface area (Å²) in [6.07, 6.45) is 5.43. The molecule has 8 heteroatoms. The Morgan fingerprint density at radius 2 is 1.88 bits per heavy atom. The van der Waals surface area contributed by atoms with Crippen molar-refractivity contribution in [3.8, 4) is 11.3 Å². The van der Waals surface area contributed by atoms with E-state index in [2.05, 4.69) is 25.2 Å². The van der Waals surface area contributed by atoms with E-state index in [-0.39, 0.29) is 24.3 Å². The SMILES string of the molecule is CC(=O)N1CCN(c2ccc(NC(=O)Cc3cnc(-c4ccnc(C)c4)c(C)c3)cn2)C[C@H]1C. The molecule has 0 unspecified atom stereocenters. The number of carbonyl (C=O) groups is 2. The first-order chi connectivity index (χ1) is 16.3. The van der Waals surface area contributed by atoms with Crippen LogP contribution >= 0.6 is 0 Å². The molecule has 0 spiro atoms. The van der Waals surface area contributed by atoms with Gasteiger partial charge in [0, 0.05) is 56.3 Å². The van der Waals surface area contributed by atoms with Crippen molar-refractivity contribution in [3.63, 3.8) is 0 Å². The predicted molar refractivity (Wildman–Crippen MR) is 133 cm³/mol. The number of pyridine rings is 3. The highest BCUT2D eigenvalue weighted by Gasteiger charge is 2.25. The topological polar surface area (TPSA) is 91.3 Å². The van der Waals surface area contributed by atoms with E-state index in [0.717, 1.165) is 47.0 Å². The van der Waals surface area contributed by atoms with Gasteiger partial charge in [0.25, 0.3) is 0 Å². The molecule has 1 aliphatic rings. The molecular weight excluding hydrogens is 428 g/mol. The first kappa shape index (κ1) is 23.4. The van der Waals surface area contributed by atoms with E-state index in [0.29, 0.717) is 12.2 Å². The second-order valence-electron chi connectivity index (χ2n) is 8.83. The van der Waals surface area contributed by atoms with Crippen molar-refractivity contribution >= 4 is 23.3 Å². The van der Waals surface area contributed by atoms with E-state index in [9.17, 15) is 9.59 Å². The minimum absolute atomic E-state index is 0.102. The van der Waals surface area contributed by atoms with E-state index < -0.39 is 0 Å². The molecule has 34 heavy (non-hydrogen) atoms. The number of nitrogens with one attached hydrogen (secondary N) is 1. The largest absolute Gasteiger partial charge is 0.353 e. The lowest BCUT2D eigenvalue weighted by Gasteiger charge is -2.40. The maximum Gasteiger partial charge on any atom is 0.228 e. The third kappa shape index (κ3) is 5.39. The number of nitrogens with zero attached hydrogens (tertiary/aromatic N) is 5. The van der Waals surface area contributed by atoms with Crippen molar-refractivity contribution in [2.45, 2.75) is 40.2 Å². The highest BCUT2D eigenvalue weighted by atomic mass is 16.2. The maximum atomic E-state index is 12.6. The predicted octanol–water partition coefficient (Wildman–Crippen LogP) is 3.39. The van der Waals surface area contributed by atoms with Gasteiger partial charge >= 0.3 is 0 Å². The van der Waals surface area contributed by atoms with Crippen LogP contribution in [0.5, 0.6) is 0 Å². The highest BCUT2D eigenvalue weighted by Crippen LogP contribution is 2.22. The fourth-order valence-electron chi connectivity index (χ4n) is 4.40. The second kappa shape index (κ2) is 9.99. The molecule has 0 aliphatic carbocycles. The molecule has 1 fully saturated rings. The summed E-state index contributed by atoms with van der Waals surface area (Å²) in [4.78, 5) is 41.7. The van der Waals surface area contributed by atoms with Crippen LogP contribution in [0.2, 0.25) is 0 Å². The Bertz CT molecular complexity index is 1190. The van der Waals surface area contributed by atoms with Crippen LogP contribution in [0.15, 0.2) is 48.9 Å². The van der Waals surface area contributed by atoms with Gasteiger partial charge in [0.2, 0.25) is 11.8 Å². The molecule has 8 nitrogen and oxygen atoms in total. The van der Waals surface area contributed by atoms with E-state index >= 15 is 0 Å². The first-order valence-electron chi connectivity index (χ1n) is 11.5. The van der Waals surface area contributed by atoms with Crippen molar-refractivity contribution in [2.24, 2.45) is 0 Å². The first-order valence-corrected chi connectivity index (χ1v) is 11.5. The molecule has 1 N–H and O–H groups in total. The number of anilines is 2. The quantitative estimate of drug-likeness (QED) is 0.630. The zero-order valence-electron chi connectivity index (χ0n) is 20.1. The molecule has 0 bridgehead atoms. The summed E-state index contributed by atoms with van der Waals surface area (Å²) in [5.41, 5.74) is 5.37. The zero-order chi connectivity index (χ0) is 24.2. The highest BCUT2D eigenvalue weighted by molar-refractivity contribution is 5.92. The summed E-state index contributed by atoms with van der Waals surface area (Å²) in [6, 6.07) is 9.85. The molecule has 1 aliphatic heterocycles. The average Bonchev–Trinajstić information content (AvgIpc) is 2.79. The zero-order valence-corrected chi connectivity index (χ0v) is 20.1. The lowest BCUT2D eigenvalue weighted by molar-refractivity contribution is -0.131. The summed E-state index contributed by atoms with van der Waals surface area (Å²) in [5.74, 6) is 0.826. The van der Waals surface area contributed by atoms with Gasteiger partial charge in [-0.3, -0.25) is 19.6 Å². The van der Waals surface area contributed by atoms with E-state index in [1.807, 2.05) is 56.0 Å². The molecule has 4 rings (SSSR count). The Morgan fingerprint density at radius 3 is 2.53 bits per heavy atom. The van der Waals surface area contributed by atoms with Crippen LogP contribution < -0.4 is 10.2 Å². The fourth-order valence-corrected chi connectivity index (χ4v) is 4.40. The van der Waals surface area contributed by atoms with E-state index in [1.54, 1.807) is 25.5 Å². The van der Waals surface area contributed by atoms with Gasteiger partial charge in [0.15, 0.2) is 0 Å². The average molecular weight is 459 g/mol. The minimum atomic E-state index is -0.119. The van der Waals surface area contributed by atoms with Crippen molar-refractivity contribution in [1.82, 2.24) is 19.9 Å². The monoisotopic (exact) mass is 458 g/mol. The van der Waals surface area contributed by atoms with Gasteiger partial charge < -0.3 is 15.1 Å². The normalized spacial score (nSPS) is 15.8. The van der Waals surface area contributed by atoms with Gasteiger partial charge in [-0.2, -0.15) is 0 Å². The standard InChI is InChI=1S/C26H30N6O2/c1-17-11-21(14-29-26(17)22-7-8-27-18(2)12-22)13-25(34)30-23-5-6-24(28-15-23)31-9-10-32(20(4)33)19(3)16-31/h5-8,11-12,14-15,19H,9-10,13,16H2,1-4H3,(H,30,34)/t19-/m1/s1. The van der Waals surface area contributed by atoms with Crippen LogP contribution in [0.4, 0.5) is 11.5 Å². The van der Waals surface area contributed by atoms with Crippen LogP contribution in [0.1, 0.15) is 30.7 Å². The van der Waals surface area contributed by atoms with Crippen LogP contribution in [0, 0.1) is 13.8 Å². The van der Waals surface area contributed by atoms with Gasteiger partial charge in [0.05, 0.1) is 24.0 Å². The molecule has 0 saturated carbocycles. The van der Waals surface area contributed by atoms with Crippen LogP contribution in [-0.2, 0) is 16.0 Å². The summed E-state index contributed by atoms with van der Waals surface area (Å²) in [7, 11) is 0. The maximum absolute atomic E-state index is 12.6. The molecule has 4 heterocycles. The molecular formula is C26H30N6O2. The molecule has 1 saturated heterocycles. The fraction of sp³-hybridized carbons (Fsp3) is 0.346. The molecule has 3 aromatic heterocycles. The Labute approximate surface area is 200 Å². The Hall–Kier alpha value is -3.81. The number of piperazine rings is 1. The Morgan fingerprint density at radius 1 is 1.06 bits per heavy atom. The van der Waals surface area contributed by atoms with Gasteiger partial charge in [-0.25, -0.2) is 4.98 Å². The number of amides is 2. The second-order valence-corrected chi connectivity index (χ2v) is 8.83. The molecule has 2 amide bonds. The Kier molecular flexibility index (Phi) is 6.86. The van der Waals surface area contributed by atoms with Crippen molar-refractivity contribution < 1.29 is 9.59 Å². The lowest BCUT2D eigenvalue weighted by Crippen LogP contribution is -2.53. The molecule has 0 radical (unpaired) electrons. The molecule has 1 atom stereocenters. The van der Waals surface area contributed by atoms with Crippen molar-refractivity contribution in [3.05, 3.63) is 65.7 Å². The number of aryl methyl sites for hydroxylation is 2. The lowest BCUT2D eigenvalue weighted by atomic mass is 10.0. The van der Waals surface area contributed by atoms with E-state index in [1.165, 1.54) is 0 Å². The number of aromatic nitrogens is 3. The summed E-state index contributed by atoms with van der Waals surface area (Å²) < 4.78 is 0. The third-order valence-corrected chi connectivity index (χ3v) is 6.06. The number of hydrogen-bond donors (Lipinski definition) is 1. The van der Waals surface area contributed by atoms with Crippen LogP contribution in [-0.4, -0.2) is 57.3 Å². The minimum Gasteiger partial charge on any atom is -0.353 e. The molecule has 3 aromatic rings. The number of carbonyl (C=O) groups excluding carboxylic acids is 2. The number of rotatable bonds is 5. The molecule has 176 valence electrons. The molecule has 0 aromatic carbocycles. The summed E-state index contributed by atoms with van der Waals surface area (Å²) >= 11 is 0. The third-order valence-electron chi connectivity index (χ3n) is 6.06. The van der Waals surface area contributed by atoms with Gasteiger partial charge in [-0.1, -0.05) is 6.07 Å². The summed E-state index contributed by atoms with van der Waals surface area (Å²) in [6.45, 7) is 9.76. The van der Waals surface area contributed by atoms with Crippen LogP contribution in [0.25, 0.3) is 11.3 Å². The summed E-state index contributed by atoms with van der Waals surface area (Å²) in [5, 5.41) is 2.92. The Balaban J connectivity index is 1.35. The van der Waals surface area contributed by atoms with Crippen molar-refractivity contribution in [1.29, 1.82) is 0 Å². The van der Waals surface area contributed by atoms with Crippen molar-refractivity contribution in [2.75, 3.05) is 29.9 Å². The van der Waals surface area contributed by atoms with Gasteiger partial charge in [-0.15, -0.1) is 0 Å². The van der Waals surface area contributed by atoms with Gasteiger partial charge in [0.1, 0.15) is 5.82 Å². The van der Waals surface area contributed by atoms with Crippen LogP contribution in [0.3, 0.4) is 0 Å². The van der Waals surface area contributed by atoms with Gasteiger partial charge in [-0.05, 0) is 56.2 Å². The smallest absolute Gasteiger partial charge is 0.228 e. The van der Waals surface area contributed by atoms with E-state index in [4.69, 9.17) is 0 Å².